The van der Waals surface area contributed by atoms with E-state index >= 15 is 0 Å². The lowest BCUT2D eigenvalue weighted by Crippen LogP contribution is -2.20. The first-order chi connectivity index (χ1) is 13.1. The van der Waals surface area contributed by atoms with Crippen LogP contribution < -0.4 is 14.8 Å². The second-order valence-corrected chi connectivity index (χ2v) is 6.28. The Morgan fingerprint density at radius 3 is 2.59 bits per heavy atom. The lowest BCUT2D eigenvalue weighted by Gasteiger charge is -2.18. The molecule has 138 valence electrons. The molecule has 7 heteroatoms. The number of nitrogens with one attached hydrogen (secondary N) is 1. The van der Waals surface area contributed by atoms with E-state index in [-0.39, 0.29) is 18.3 Å². The molecular formula is C20H17NO6. The number of amides is 1. The van der Waals surface area contributed by atoms with Crippen molar-refractivity contribution >= 4 is 23.3 Å². The molecule has 0 bridgehead atoms. The van der Waals surface area contributed by atoms with E-state index in [1.54, 1.807) is 36.4 Å². The van der Waals surface area contributed by atoms with E-state index in [9.17, 15) is 14.4 Å². The number of ketones is 1. The molecule has 2 aromatic carbocycles. The van der Waals surface area contributed by atoms with Crippen LogP contribution in [0.5, 0.6) is 11.5 Å². The summed E-state index contributed by atoms with van der Waals surface area (Å²) in [6.07, 6.45) is 0.975. The average molecular weight is 367 g/mol. The molecule has 0 radical (unpaired) electrons. The SMILES string of the molecule is O=C1CCc2cc(C(=O)COC(=O)c3ccc4c(c3)OCCO4)ccc2N1. The van der Waals surface area contributed by atoms with Crippen molar-refractivity contribution in [1.29, 1.82) is 0 Å². The highest BCUT2D eigenvalue weighted by molar-refractivity contribution is 6.01. The summed E-state index contributed by atoms with van der Waals surface area (Å²) in [4.78, 5) is 36.0. The second-order valence-electron chi connectivity index (χ2n) is 6.28. The third kappa shape index (κ3) is 3.62. The van der Waals surface area contributed by atoms with E-state index < -0.39 is 5.97 Å². The molecule has 0 spiro atoms. The van der Waals surface area contributed by atoms with Crippen molar-refractivity contribution in [2.75, 3.05) is 25.1 Å². The number of fused-ring (bicyclic) bond motifs is 2. The number of hydrogen-bond donors (Lipinski definition) is 1. The minimum atomic E-state index is -0.606. The van der Waals surface area contributed by atoms with Gasteiger partial charge in [0.15, 0.2) is 23.9 Å². The van der Waals surface area contributed by atoms with E-state index in [1.807, 2.05) is 0 Å². The maximum absolute atomic E-state index is 12.4. The van der Waals surface area contributed by atoms with Gasteiger partial charge in [0.25, 0.3) is 0 Å². The minimum Gasteiger partial charge on any atom is -0.486 e. The van der Waals surface area contributed by atoms with Crippen molar-refractivity contribution in [2.45, 2.75) is 12.8 Å². The molecule has 0 saturated heterocycles. The monoisotopic (exact) mass is 367 g/mol. The van der Waals surface area contributed by atoms with Gasteiger partial charge in [-0.25, -0.2) is 4.79 Å². The van der Waals surface area contributed by atoms with Crippen LogP contribution >= 0.6 is 0 Å². The highest BCUT2D eigenvalue weighted by Crippen LogP contribution is 2.31. The van der Waals surface area contributed by atoms with Gasteiger partial charge in [0.2, 0.25) is 5.91 Å². The molecule has 2 aliphatic heterocycles. The quantitative estimate of drug-likeness (QED) is 0.659. The van der Waals surface area contributed by atoms with Crippen molar-refractivity contribution in [3.8, 4) is 11.5 Å². The van der Waals surface area contributed by atoms with Crippen LogP contribution in [0.2, 0.25) is 0 Å². The van der Waals surface area contributed by atoms with E-state index in [4.69, 9.17) is 14.2 Å². The highest BCUT2D eigenvalue weighted by Gasteiger charge is 2.19. The summed E-state index contributed by atoms with van der Waals surface area (Å²) in [5.41, 5.74) is 2.36. The topological polar surface area (TPSA) is 90.9 Å². The van der Waals surface area contributed by atoms with Gasteiger partial charge in [-0.2, -0.15) is 0 Å². The third-order valence-corrected chi connectivity index (χ3v) is 4.43. The predicted octanol–water partition coefficient (Wildman–Crippen LogP) is 2.38. The van der Waals surface area contributed by atoms with Gasteiger partial charge in [0, 0.05) is 17.7 Å². The fourth-order valence-electron chi connectivity index (χ4n) is 3.02. The first-order valence-corrected chi connectivity index (χ1v) is 8.63. The van der Waals surface area contributed by atoms with Gasteiger partial charge in [-0.05, 0) is 48.4 Å². The number of aryl methyl sites for hydroxylation is 1. The van der Waals surface area contributed by atoms with Crippen LogP contribution in [0.3, 0.4) is 0 Å². The van der Waals surface area contributed by atoms with Crippen LogP contribution in [0.25, 0.3) is 0 Å². The van der Waals surface area contributed by atoms with Crippen LogP contribution in [0.15, 0.2) is 36.4 Å². The molecule has 1 amide bonds. The van der Waals surface area contributed by atoms with E-state index in [1.165, 1.54) is 0 Å². The van der Waals surface area contributed by atoms with Crippen LogP contribution in [0.4, 0.5) is 5.69 Å². The number of esters is 1. The zero-order chi connectivity index (χ0) is 18.8. The van der Waals surface area contributed by atoms with Crippen molar-refractivity contribution in [3.63, 3.8) is 0 Å². The van der Waals surface area contributed by atoms with Crippen molar-refractivity contribution in [1.82, 2.24) is 0 Å². The second kappa shape index (κ2) is 7.11. The average Bonchev–Trinajstić information content (AvgIpc) is 2.71. The van der Waals surface area contributed by atoms with Gasteiger partial charge in [-0.15, -0.1) is 0 Å². The number of carbonyl (C=O) groups is 3. The molecule has 0 atom stereocenters. The summed E-state index contributed by atoms with van der Waals surface area (Å²) in [5.74, 6) is 0.120. The molecule has 4 rings (SSSR count). The minimum absolute atomic E-state index is 0.0325. The molecule has 0 saturated carbocycles. The summed E-state index contributed by atoms with van der Waals surface area (Å²) < 4.78 is 16.0. The molecular weight excluding hydrogens is 350 g/mol. The number of ether oxygens (including phenoxy) is 3. The van der Waals surface area contributed by atoms with Crippen LogP contribution in [-0.2, 0) is 16.0 Å². The molecule has 27 heavy (non-hydrogen) atoms. The molecule has 1 N–H and O–H groups in total. The molecule has 0 aliphatic carbocycles. The smallest absolute Gasteiger partial charge is 0.338 e. The summed E-state index contributed by atoms with van der Waals surface area (Å²) in [5, 5.41) is 2.76. The fraction of sp³-hybridized carbons (Fsp3) is 0.250. The Hall–Kier alpha value is -3.35. The molecule has 0 aromatic heterocycles. The van der Waals surface area contributed by atoms with Gasteiger partial charge >= 0.3 is 5.97 Å². The Morgan fingerprint density at radius 2 is 1.74 bits per heavy atom. The van der Waals surface area contributed by atoms with Crippen molar-refractivity contribution in [3.05, 3.63) is 53.1 Å². The highest BCUT2D eigenvalue weighted by atomic mass is 16.6. The zero-order valence-corrected chi connectivity index (χ0v) is 14.4. The van der Waals surface area contributed by atoms with Gasteiger partial charge in [0.05, 0.1) is 5.56 Å². The fourth-order valence-corrected chi connectivity index (χ4v) is 3.02. The molecule has 2 heterocycles. The largest absolute Gasteiger partial charge is 0.486 e. The molecule has 0 unspecified atom stereocenters. The van der Waals surface area contributed by atoms with Crippen molar-refractivity contribution in [2.24, 2.45) is 0 Å². The van der Waals surface area contributed by atoms with Gasteiger partial charge < -0.3 is 19.5 Å². The van der Waals surface area contributed by atoms with Crippen molar-refractivity contribution < 1.29 is 28.6 Å². The zero-order valence-electron chi connectivity index (χ0n) is 14.4. The number of anilines is 1. The molecule has 2 aromatic rings. The molecule has 7 nitrogen and oxygen atoms in total. The van der Waals surface area contributed by atoms with Gasteiger partial charge in [-0.3, -0.25) is 9.59 Å². The third-order valence-electron chi connectivity index (χ3n) is 4.43. The maximum atomic E-state index is 12.4. The normalized spacial score (nSPS) is 14.7. The number of rotatable bonds is 4. The van der Waals surface area contributed by atoms with Gasteiger partial charge in [0.1, 0.15) is 13.2 Å². The van der Waals surface area contributed by atoms with E-state index in [0.29, 0.717) is 48.7 Å². The summed E-state index contributed by atoms with van der Waals surface area (Å²) in [6.45, 7) is 0.525. The number of benzene rings is 2. The van der Waals surface area contributed by atoms with Crippen LogP contribution in [0, 0.1) is 0 Å². The number of Topliss-reactive ketones (excluding diaryl/α,β-unsaturated/α-hetero) is 1. The molecule has 0 fully saturated rings. The maximum Gasteiger partial charge on any atom is 0.338 e. The summed E-state index contributed by atoms with van der Waals surface area (Å²) in [7, 11) is 0. The molecule has 2 aliphatic rings. The van der Waals surface area contributed by atoms with Crippen LogP contribution in [0.1, 0.15) is 32.7 Å². The summed E-state index contributed by atoms with van der Waals surface area (Å²) in [6, 6.07) is 9.80. The number of carbonyl (C=O) groups excluding carboxylic acids is 3. The Balaban J connectivity index is 1.40. The summed E-state index contributed by atoms with van der Waals surface area (Å²) >= 11 is 0. The predicted molar refractivity (Wildman–Crippen MR) is 95.4 cm³/mol. The lowest BCUT2D eigenvalue weighted by molar-refractivity contribution is -0.116. The first kappa shape index (κ1) is 17.1. The standard InChI is InChI=1S/C20H17NO6/c22-16(13-1-4-15-12(9-13)3-6-19(23)21-15)11-27-20(24)14-2-5-17-18(10-14)26-8-7-25-17/h1-2,4-5,9-10H,3,6-8,11H2,(H,21,23). The van der Waals surface area contributed by atoms with Crippen LogP contribution in [-0.4, -0.2) is 37.5 Å². The number of hydrogen-bond acceptors (Lipinski definition) is 6. The first-order valence-electron chi connectivity index (χ1n) is 8.63. The lowest BCUT2D eigenvalue weighted by atomic mass is 9.99. The Morgan fingerprint density at radius 1 is 0.963 bits per heavy atom. The van der Waals surface area contributed by atoms with Gasteiger partial charge in [-0.1, -0.05) is 0 Å². The Bertz CT molecular complexity index is 936. The van der Waals surface area contributed by atoms with E-state index in [2.05, 4.69) is 5.32 Å². The van der Waals surface area contributed by atoms with E-state index in [0.717, 1.165) is 11.3 Å². The Kier molecular flexibility index (Phi) is 4.50. The Labute approximate surface area is 155 Å².